The third kappa shape index (κ3) is 3.62. The monoisotopic (exact) mass is 342 g/mol. The van der Waals surface area contributed by atoms with Gasteiger partial charge in [-0.3, -0.25) is 14.7 Å². The maximum absolute atomic E-state index is 12.4. The molecular formula is C17H18N4O2S. The lowest BCUT2D eigenvalue weighted by Crippen LogP contribution is -2.46. The number of rotatable bonds is 6. The predicted octanol–water partition coefficient (Wildman–Crippen LogP) is 2.45. The molecule has 7 heteroatoms. The minimum atomic E-state index is -0.559. The van der Waals surface area contributed by atoms with Crippen LogP contribution in [0.1, 0.15) is 29.3 Å². The Kier molecular flexibility index (Phi) is 4.90. The third-order valence-corrected chi connectivity index (χ3v) is 4.51. The molecule has 24 heavy (non-hydrogen) atoms. The summed E-state index contributed by atoms with van der Waals surface area (Å²) < 4.78 is 0. The Bertz CT molecular complexity index is 841. The van der Waals surface area contributed by atoms with Gasteiger partial charge in [-0.1, -0.05) is 6.92 Å². The van der Waals surface area contributed by atoms with E-state index in [2.05, 4.69) is 20.8 Å². The average Bonchev–Trinajstić information content (AvgIpc) is 3.27. The minimum absolute atomic E-state index is 0.179. The van der Waals surface area contributed by atoms with Crippen molar-refractivity contribution in [1.29, 1.82) is 0 Å². The van der Waals surface area contributed by atoms with E-state index < -0.39 is 6.04 Å². The van der Waals surface area contributed by atoms with Gasteiger partial charge in [0.25, 0.3) is 5.91 Å². The molecule has 0 saturated carbocycles. The molecular weight excluding hydrogens is 324 g/mol. The molecule has 0 fully saturated rings. The van der Waals surface area contributed by atoms with E-state index in [0.717, 1.165) is 16.5 Å². The molecule has 0 aliphatic carbocycles. The average molecular weight is 342 g/mol. The molecule has 0 saturated heterocycles. The van der Waals surface area contributed by atoms with E-state index in [-0.39, 0.29) is 11.8 Å². The zero-order valence-corrected chi connectivity index (χ0v) is 14.0. The van der Waals surface area contributed by atoms with Crippen molar-refractivity contribution < 1.29 is 9.59 Å². The Morgan fingerprint density at radius 2 is 2.21 bits per heavy atom. The highest BCUT2D eigenvalue weighted by Gasteiger charge is 2.19. The van der Waals surface area contributed by atoms with Gasteiger partial charge < -0.3 is 10.6 Å². The maximum Gasteiger partial charge on any atom is 0.251 e. The quantitative estimate of drug-likeness (QED) is 0.643. The Morgan fingerprint density at radius 3 is 2.96 bits per heavy atom. The molecule has 1 aromatic carbocycles. The standard InChI is InChI=1S/C17H18N4O2S/c1-2-14(17(23)18-8-11-5-6-24-10-11)20-16(22)12-3-4-15-13(7-12)9-19-21-15/h3-7,9-10,14H,2,8H2,1H3,(H,18,23)(H,19,21)(H,20,22). The Balaban J connectivity index is 1.62. The molecule has 0 bridgehead atoms. The van der Waals surface area contributed by atoms with E-state index in [0.29, 0.717) is 18.5 Å². The number of aromatic amines is 1. The second-order valence-electron chi connectivity index (χ2n) is 5.46. The van der Waals surface area contributed by atoms with E-state index in [1.807, 2.05) is 23.8 Å². The molecule has 1 atom stereocenters. The number of nitrogens with one attached hydrogen (secondary N) is 3. The molecule has 124 valence electrons. The van der Waals surface area contributed by atoms with E-state index in [4.69, 9.17) is 0 Å². The van der Waals surface area contributed by atoms with Crippen LogP contribution in [0.5, 0.6) is 0 Å². The van der Waals surface area contributed by atoms with Gasteiger partial charge in [0.2, 0.25) is 5.91 Å². The molecule has 2 heterocycles. The van der Waals surface area contributed by atoms with Crippen LogP contribution in [0.25, 0.3) is 10.9 Å². The van der Waals surface area contributed by atoms with E-state index in [1.165, 1.54) is 0 Å². The first kappa shape index (κ1) is 16.2. The summed E-state index contributed by atoms with van der Waals surface area (Å²) in [6.07, 6.45) is 2.19. The smallest absolute Gasteiger partial charge is 0.251 e. The van der Waals surface area contributed by atoms with Gasteiger partial charge in [0, 0.05) is 17.5 Å². The number of fused-ring (bicyclic) bond motifs is 1. The summed E-state index contributed by atoms with van der Waals surface area (Å²) in [5.74, 6) is -0.447. The van der Waals surface area contributed by atoms with Crippen LogP contribution in [-0.2, 0) is 11.3 Å². The number of hydrogen-bond donors (Lipinski definition) is 3. The van der Waals surface area contributed by atoms with Gasteiger partial charge in [0.05, 0.1) is 11.7 Å². The van der Waals surface area contributed by atoms with Crippen LogP contribution >= 0.6 is 11.3 Å². The summed E-state index contributed by atoms with van der Waals surface area (Å²) in [5.41, 5.74) is 2.43. The van der Waals surface area contributed by atoms with Crippen molar-refractivity contribution in [2.45, 2.75) is 25.9 Å². The van der Waals surface area contributed by atoms with Gasteiger partial charge >= 0.3 is 0 Å². The molecule has 3 aromatic rings. The van der Waals surface area contributed by atoms with Crippen LogP contribution in [0.3, 0.4) is 0 Å². The number of nitrogens with zero attached hydrogens (tertiary/aromatic N) is 1. The number of amides is 2. The molecule has 2 aromatic heterocycles. The number of H-pyrrole nitrogens is 1. The molecule has 3 N–H and O–H groups in total. The van der Waals surface area contributed by atoms with Crippen LogP contribution in [0, 0.1) is 0 Å². The fourth-order valence-corrected chi connectivity index (χ4v) is 3.05. The molecule has 1 unspecified atom stereocenters. The molecule has 6 nitrogen and oxygen atoms in total. The first-order valence-corrected chi connectivity index (χ1v) is 8.64. The highest BCUT2D eigenvalue weighted by Crippen LogP contribution is 2.13. The zero-order chi connectivity index (χ0) is 16.9. The zero-order valence-electron chi connectivity index (χ0n) is 13.2. The third-order valence-electron chi connectivity index (χ3n) is 3.78. The van der Waals surface area contributed by atoms with Crippen molar-refractivity contribution >= 4 is 34.1 Å². The second-order valence-corrected chi connectivity index (χ2v) is 6.24. The predicted molar refractivity (Wildman–Crippen MR) is 93.8 cm³/mol. The lowest BCUT2D eigenvalue weighted by atomic mass is 10.1. The second kappa shape index (κ2) is 7.27. The molecule has 3 rings (SSSR count). The Labute approximate surface area is 143 Å². The topological polar surface area (TPSA) is 86.9 Å². The fourth-order valence-electron chi connectivity index (χ4n) is 2.38. The van der Waals surface area contributed by atoms with Gasteiger partial charge in [-0.25, -0.2) is 0 Å². The van der Waals surface area contributed by atoms with Crippen LogP contribution in [0.4, 0.5) is 0 Å². The highest BCUT2D eigenvalue weighted by molar-refractivity contribution is 7.07. The van der Waals surface area contributed by atoms with Gasteiger partial charge in [-0.05, 0) is 47.0 Å². The van der Waals surface area contributed by atoms with Crippen LogP contribution < -0.4 is 10.6 Å². The molecule has 0 aliphatic heterocycles. The van der Waals surface area contributed by atoms with Gasteiger partial charge in [-0.2, -0.15) is 16.4 Å². The minimum Gasteiger partial charge on any atom is -0.350 e. The van der Waals surface area contributed by atoms with Gasteiger partial charge in [0.15, 0.2) is 0 Å². The van der Waals surface area contributed by atoms with Crippen molar-refractivity contribution in [3.8, 4) is 0 Å². The number of thiophene rings is 1. The lowest BCUT2D eigenvalue weighted by molar-refractivity contribution is -0.123. The summed E-state index contributed by atoms with van der Waals surface area (Å²) in [5, 5.41) is 17.2. The number of hydrogen-bond acceptors (Lipinski definition) is 4. The van der Waals surface area contributed by atoms with E-state index >= 15 is 0 Å². The first-order valence-electron chi connectivity index (χ1n) is 7.70. The first-order chi connectivity index (χ1) is 11.7. The summed E-state index contributed by atoms with van der Waals surface area (Å²) >= 11 is 1.59. The van der Waals surface area contributed by atoms with Crippen LogP contribution in [-0.4, -0.2) is 28.1 Å². The maximum atomic E-state index is 12.4. The van der Waals surface area contributed by atoms with Crippen molar-refractivity contribution in [3.63, 3.8) is 0 Å². The Hall–Kier alpha value is -2.67. The van der Waals surface area contributed by atoms with Crippen LogP contribution in [0.2, 0.25) is 0 Å². The SMILES string of the molecule is CCC(NC(=O)c1ccc2[nH]ncc2c1)C(=O)NCc1ccsc1. The van der Waals surface area contributed by atoms with Gasteiger partial charge in [0.1, 0.15) is 6.04 Å². The van der Waals surface area contributed by atoms with Crippen molar-refractivity contribution in [1.82, 2.24) is 20.8 Å². The number of carbonyl (C=O) groups is 2. The summed E-state index contributed by atoms with van der Waals surface area (Å²) in [4.78, 5) is 24.7. The van der Waals surface area contributed by atoms with Crippen molar-refractivity contribution in [2.24, 2.45) is 0 Å². The number of carbonyl (C=O) groups excluding carboxylic acids is 2. The molecule has 0 spiro atoms. The largest absolute Gasteiger partial charge is 0.350 e. The van der Waals surface area contributed by atoms with Crippen molar-refractivity contribution in [2.75, 3.05) is 0 Å². The van der Waals surface area contributed by atoms with E-state index in [9.17, 15) is 9.59 Å². The summed E-state index contributed by atoms with van der Waals surface area (Å²) in [6.45, 7) is 2.34. The lowest BCUT2D eigenvalue weighted by Gasteiger charge is -2.16. The Morgan fingerprint density at radius 1 is 1.33 bits per heavy atom. The van der Waals surface area contributed by atoms with Crippen LogP contribution in [0.15, 0.2) is 41.2 Å². The van der Waals surface area contributed by atoms with Gasteiger partial charge in [-0.15, -0.1) is 0 Å². The number of benzene rings is 1. The van der Waals surface area contributed by atoms with E-state index in [1.54, 1.807) is 35.7 Å². The molecule has 2 amide bonds. The molecule has 0 aliphatic rings. The molecule has 0 radical (unpaired) electrons. The number of aromatic nitrogens is 2. The highest BCUT2D eigenvalue weighted by atomic mass is 32.1. The fraction of sp³-hybridized carbons (Fsp3) is 0.235. The summed E-state index contributed by atoms with van der Waals surface area (Å²) in [6, 6.07) is 6.67. The summed E-state index contributed by atoms with van der Waals surface area (Å²) in [7, 11) is 0. The van der Waals surface area contributed by atoms with Crippen molar-refractivity contribution in [3.05, 3.63) is 52.3 Å². The normalized spacial score (nSPS) is 12.0.